The molecule has 1 fully saturated rings. The summed E-state index contributed by atoms with van der Waals surface area (Å²) in [5.74, 6) is 3.51. The molecule has 1 aromatic rings. The van der Waals surface area contributed by atoms with Gasteiger partial charge in [-0.3, -0.25) is 0 Å². The molecule has 4 heteroatoms. The summed E-state index contributed by atoms with van der Waals surface area (Å²) in [6.07, 6.45) is 4.99. The summed E-state index contributed by atoms with van der Waals surface area (Å²) in [6.45, 7) is 7.17. The van der Waals surface area contributed by atoms with E-state index in [-0.39, 0.29) is 5.92 Å². The predicted octanol–water partition coefficient (Wildman–Crippen LogP) is 3.06. The molecule has 1 aliphatic rings. The Morgan fingerprint density at radius 3 is 2.78 bits per heavy atom. The summed E-state index contributed by atoms with van der Waals surface area (Å²) >= 11 is 0. The van der Waals surface area contributed by atoms with Crippen molar-refractivity contribution < 1.29 is 4.52 Å². The number of nitrogens with zero attached hydrogens (tertiary/aromatic N) is 2. The van der Waals surface area contributed by atoms with Gasteiger partial charge in [-0.2, -0.15) is 4.98 Å². The highest BCUT2D eigenvalue weighted by Crippen LogP contribution is 2.35. The minimum absolute atomic E-state index is 0.187. The molecule has 0 aromatic carbocycles. The van der Waals surface area contributed by atoms with Gasteiger partial charge in [-0.1, -0.05) is 38.8 Å². The fourth-order valence-corrected chi connectivity index (χ4v) is 2.89. The van der Waals surface area contributed by atoms with E-state index in [2.05, 4.69) is 30.9 Å². The second-order valence-corrected chi connectivity index (χ2v) is 6.05. The molecule has 2 rings (SSSR count). The third-order valence-corrected chi connectivity index (χ3v) is 4.13. The first kappa shape index (κ1) is 13.5. The van der Waals surface area contributed by atoms with Gasteiger partial charge in [0.15, 0.2) is 5.82 Å². The van der Waals surface area contributed by atoms with E-state index in [1.165, 1.54) is 25.7 Å². The molecule has 4 nitrogen and oxygen atoms in total. The molecule has 1 saturated carbocycles. The number of rotatable bonds is 4. The third kappa shape index (κ3) is 2.91. The summed E-state index contributed by atoms with van der Waals surface area (Å²) in [4.78, 5) is 4.60. The molecule has 0 saturated heterocycles. The Labute approximate surface area is 109 Å². The van der Waals surface area contributed by atoms with E-state index in [1.54, 1.807) is 0 Å². The largest absolute Gasteiger partial charge is 0.339 e. The maximum absolute atomic E-state index is 5.79. The zero-order valence-corrected chi connectivity index (χ0v) is 11.7. The zero-order valence-electron chi connectivity index (χ0n) is 11.7. The molecule has 3 unspecified atom stereocenters. The monoisotopic (exact) mass is 251 g/mol. The summed E-state index contributed by atoms with van der Waals surface area (Å²) < 4.78 is 5.43. The summed E-state index contributed by atoms with van der Waals surface area (Å²) in [6, 6.07) is 0. The van der Waals surface area contributed by atoms with Crippen molar-refractivity contribution in [2.45, 2.75) is 58.3 Å². The van der Waals surface area contributed by atoms with Crippen LogP contribution in [0.4, 0.5) is 0 Å². The van der Waals surface area contributed by atoms with Crippen LogP contribution in [0.2, 0.25) is 0 Å². The maximum Gasteiger partial charge on any atom is 0.231 e. The van der Waals surface area contributed by atoms with Crippen LogP contribution in [0.25, 0.3) is 0 Å². The normalized spacial score (nSPS) is 26.5. The smallest absolute Gasteiger partial charge is 0.231 e. The van der Waals surface area contributed by atoms with E-state index < -0.39 is 0 Å². The lowest BCUT2D eigenvalue weighted by molar-refractivity contribution is 0.306. The van der Waals surface area contributed by atoms with Gasteiger partial charge in [-0.15, -0.1) is 0 Å². The van der Waals surface area contributed by atoms with Crippen molar-refractivity contribution in [3.63, 3.8) is 0 Å². The highest BCUT2D eigenvalue weighted by molar-refractivity contribution is 5.01. The van der Waals surface area contributed by atoms with Crippen molar-refractivity contribution in [1.82, 2.24) is 10.1 Å². The van der Waals surface area contributed by atoms with Crippen LogP contribution < -0.4 is 5.73 Å². The molecule has 3 atom stereocenters. The van der Waals surface area contributed by atoms with Gasteiger partial charge < -0.3 is 10.3 Å². The number of hydrogen-bond donors (Lipinski definition) is 1. The van der Waals surface area contributed by atoms with Gasteiger partial charge in [0.05, 0.1) is 5.92 Å². The quantitative estimate of drug-likeness (QED) is 0.893. The van der Waals surface area contributed by atoms with Crippen molar-refractivity contribution in [3.05, 3.63) is 11.7 Å². The Kier molecular flexibility index (Phi) is 4.38. The van der Waals surface area contributed by atoms with E-state index >= 15 is 0 Å². The lowest BCUT2D eigenvalue weighted by Crippen LogP contribution is -2.18. The molecule has 1 aliphatic carbocycles. The third-order valence-electron chi connectivity index (χ3n) is 4.13. The second kappa shape index (κ2) is 5.83. The Bertz CT molecular complexity index is 375. The first-order valence-electron chi connectivity index (χ1n) is 7.15. The average molecular weight is 251 g/mol. The minimum Gasteiger partial charge on any atom is -0.339 e. The number of nitrogens with two attached hydrogens (primary N) is 1. The van der Waals surface area contributed by atoms with Crippen LogP contribution in [0.3, 0.4) is 0 Å². The van der Waals surface area contributed by atoms with Crippen LogP contribution in [0.5, 0.6) is 0 Å². The minimum atomic E-state index is 0.187. The first-order valence-corrected chi connectivity index (χ1v) is 7.15. The molecule has 102 valence electrons. The van der Waals surface area contributed by atoms with Crippen LogP contribution >= 0.6 is 0 Å². The van der Waals surface area contributed by atoms with E-state index in [0.29, 0.717) is 18.4 Å². The molecule has 0 radical (unpaired) electrons. The van der Waals surface area contributed by atoms with Crippen LogP contribution in [-0.4, -0.2) is 16.7 Å². The molecule has 1 aromatic heterocycles. The van der Waals surface area contributed by atoms with Gasteiger partial charge >= 0.3 is 0 Å². The van der Waals surface area contributed by atoms with Crippen LogP contribution in [0, 0.1) is 11.8 Å². The molecule has 18 heavy (non-hydrogen) atoms. The SMILES string of the molecule is CC1CCCC(c2noc(C(CN)C(C)C)n2)C1. The molecule has 0 amide bonds. The zero-order chi connectivity index (χ0) is 13.1. The van der Waals surface area contributed by atoms with Gasteiger partial charge in [0.2, 0.25) is 5.89 Å². The van der Waals surface area contributed by atoms with Gasteiger partial charge in [0.1, 0.15) is 0 Å². The van der Waals surface area contributed by atoms with Gasteiger partial charge in [0, 0.05) is 12.5 Å². The maximum atomic E-state index is 5.79. The highest BCUT2D eigenvalue weighted by atomic mass is 16.5. The van der Waals surface area contributed by atoms with E-state index in [9.17, 15) is 0 Å². The van der Waals surface area contributed by atoms with Crippen LogP contribution in [0.15, 0.2) is 4.52 Å². The molecule has 1 heterocycles. The van der Waals surface area contributed by atoms with Crippen molar-refractivity contribution in [2.24, 2.45) is 17.6 Å². The molecule has 2 N–H and O–H groups in total. The molecule has 0 spiro atoms. The summed E-state index contributed by atoms with van der Waals surface area (Å²) in [7, 11) is 0. The van der Waals surface area contributed by atoms with Crippen molar-refractivity contribution in [2.75, 3.05) is 6.54 Å². The Balaban J connectivity index is 2.09. The van der Waals surface area contributed by atoms with E-state index in [0.717, 1.165) is 17.6 Å². The predicted molar refractivity (Wildman–Crippen MR) is 71.3 cm³/mol. The Morgan fingerprint density at radius 1 is 1.39 bits per heavy atom. The van der Waals surface area contributed by atoms with Gasteiger partial charge in [-0.05, 0) is 24.7 Å². The topological polar surface area (TPSA) is 64.9 Å². The van der Waals surface area contributed by atoms with Crippen molar-refractivity contribution >= 4 is 0 Å². The molecule has 0 aliphatic heterocycles. The molecular formula is C14H25N3O. The lowest BCUT2D eigenvalue weighted by Gasteiger charge is -2.23. The second-order valence-electron chi connectivity index (χ2n) is 6.05. The Hall–Kier alpha value is -0.900. The first-order chi connectivity index (χ1) is 8.61. The van der Waals surface area contributed by atoms with Crippen LogP contribution in [-0.2, 0) is 0 Å². The number of hydrogen-bond acceptors (Lipinski definition) is 4. The van der Waals surface area contributed by atoms with Crippen LogP contribution in [0.1, 0.15) is 70.0 Å². The summed E-state index contributed by atoms with van der Waals surface area (Å²) in [5, 5.41) is 4.18. The fourth-order valence-electron chi connectivity index (χ4n) is 2.89. The average Bonchev–Trinajstić information content (AvgIpc) is 2.79. The Morgan fingerprint density at radius 2 is 2.17 bits per heavy atom. The molecule has 0 bridgehead atoms. The van der Waals surface area contributed by atoms with E-state index in [4.69, 9.17) is 10.3 Å². The lowest BCUT2D eigenvalue weighted by atomic mass is 9.82. The fraction of sp³-hybridized carbons (Fsp3) is 0.857. The van der Waals surface area contributed by atoms with Crippen molar-refractivity contribution in [3.8, 4) is 0 Å². The molecular weight excluding hydrogens is 226 g/mol. The summed E-state index contributed by atoms with van der Waals surface area (Å²) in [5.41, 5.74) is 5.79. The standard InChI is InChI=1S/C14H25N3O/c1-9(2)12(8-15)14-16-13(17-18-14)11-6-4-5-10(3)7-11/h9-12H,4-8,15H2,1-3H3. The number of aromatic nitrogens is 2. The van der Waals surface area contributed by atoms with E-state index in [1.807, 2.05) is 0 Å². The van der Waals surface area contributed by atoms with Crippen molar-refractivity contribution in [1.29, 1.82) is 0 Å². The van der Waals surface area contributed by atoms with Gasteiger partial charge in [0.25, 0.3) is 0 Å². The van der Waals surface area contributed by atoms with Gasteiger partial charge in [-0.25, -0.2) is 0 Å². The highest BCUT2D eigenvalue weighted by Gasteiger charge is 2.27.